The van der Waals surface area contributed by atoms with Crippen molar-refractivity contribution in [3.63, 3.8) is 0 Å². The molecule has 2 rings (SSSR count). The Morgan fingerprint density at radius 3 is 2.89 bits per heavy atom. The van der Waals surface area contributed by atoms with Crippen molar-refractivity contribution < 1.29 is 14.7 Å². The number of hydrogen-bond donors (Lipinski definition) is 1. The Labute approximate surface area is 117 Å². The standard InChI is InChI=1S/C14H19NO3S/c1-2-5-14(13(17)18)6-3-7-15(14)12(16)9-11-4-8-19-10-11/h4,8,10H,2-3,5-7,9H2,1H3,(H,17,18). The Bertz CT molecular complexity index is 457. The first-order valence-electron chi connectivity index (χ1n) is 6.65. The van der Waals surface area contributed by atoms with E-state index in [0.717, 1.165) is 18.4 Å². The zero-order valence-electron chi connectivity index (χ0n) is 11.1. The number of likely N-dealkylation sites (tertiary alicyclic amines) is 1. The zero-order valence-corrected chi connectivity index (χ0v) is 11.9. The third-order valence-corrected chi connectivity index (χ3v) is 4.52. The molecule has 0 saturated carbocycles. The second kappa shape index (κ2) is 5.74. The highest BCUT2D eigenvalue weighted by atomic mass is 32.1. The molecule has 104 valence electrons. The maximum atomic E-state index is 12.4. The van der Waals surface area contributed by atoms with Crippen molar-refractivity contribution in [1.82, 2.24) is 4.90 Å². The highest BCUT2D eigenvalue weighted by Crippen LogP contribution is 2.34. The van der Waals surface area contributed by atoms with Crippen LogP contribution in [0.15, 0.2) is 16.8 Å². The van der Waals surface area contributed by atoms with E-state index in [0.29, 0.717) is 25.8 Å². The van der Waals surface area contributed by atoms with Crippen LogP contribution in [0.25, 0.3) is 0 Å². The van der Waals surface area contributed by atoms with Crippen molar-refractivity contribution in [2.24, 2.45) is 0 Å². The number of hydrogen-bond acceptors (Lipinski definition) is 3. The number of nitrogens with zero attached hydrogens (tertiary/aromatic N) is 1. The molecule has 1 N–H and O–H groups in total. The number of thiophene rings is 1. The monoisotopic (exact) mass is 281 g/mol. The molecule has 1 atom stereocenters. The summed E-state index contributed by atoms with van der Waals surface area (Å²) in [5.41, 5.74) is -0.000301. The van der Waals surface area contributed by atoms with Gasteiger partial charge in [-0.05, 0) is 41.7 Å². The fourth-order valence-electron chi connectivity index (χ4n) is 2.91. The van der Waals surface area contributed by atoms with Gasteiger partial charge in [-0.3, -0.25) is 4.79 Å². The fourth-order valence-corrected chi connectivity index (χ4v) is 3.58. The molecule has 1 unspecified atom stereocenters. The molecule has 1 aromatic rings. The Morgan fingerprint density at radius 2 is 2.32 bits per heavy atom. The molecule has 19 heavy (non-hydrogen) atoms. The second-order valence-electron chi connectivity index (χ2n) is 5.04. The molecule has 1 fully saturated rings. The van der Waals surface area contributed by atoms with E-state index < -0.39 is 11.5 Å². The minimum Gasteiger partial charge on any atom is -0.479 e. The summed E-state index contributed by atoms with van der Waals surface area (Å²) in [6.45, 7) is 2.53. The van der Waals surface area contributed by atoms with Crippen LogP contribution in [0.5, 0.6) is 0 Å². The Kier molecular flexibility index (Phi) is 4.24. The summed E-state index contributed by atoms with van der Waals surface area (Å²) in [5, 5.41) is 13.4. The predicted molar refractivity (Wildman–Crippen MR) is 74.2 cm³/mol. The fraction of sp³-hybridized carbons (Fsp3) is 0.571. The number of carboxylic acid groups (broad SMARTS) is 1. The van der Waals surface area contributed by atoms with Crippen molar-refractivity contribution in [3.05, 3.63) is 22.4 Å². The highest BCUT2D eigenvalue weighted by molar-refractivity contribution is 7.07. The van der Waals surface area contributed by atoms with Crippen molar-refractivity contribution in [2.75, 3.05) is 6.54 Å². The van der Waals surface area contributed by atoms with Crippen molar-refractivity contribution in [2.45, 2.75) is 44.6 Å². The molecule has 4 nitrogen and oxygen atoms in total. The molecule has 1 amide bonds. The maximum Gasteiger partial charge on any atom is 0.329 e. The normalized spacial score (nSPS) is 22.7. The van der Waals surface area contributed by atoms with E-state index in [9.17, 15) is 14.7 Å². The lowest BCUT2D eigenvalue weighted by molar-refractivity contribution is -0.156. The summed E-state index contributed by atoms with van der Waals surface area (Å²) in [7, 11) is 0. The van der Waals surface area contributed by atoms with Crippen LogP contribution in [-0.2, 0) is 16.0 Å². The number of carbonyl (C=O) groups excluding carboxylic acids is 1. The minimum absolute atomic E-state index is 0.0632. The van der Waals surface area contributed by atoms with Crippen molar-refractivity contribution >= 4 is 23.2 Å². The molecule has 2 heterocycles. The second-order valence-corrected chi connectivity index (χ2v) is 5.82. The molecular formula is C14H19NO3S. The summed E-state index contributed by atoms with van der Waals surface area (Å²) >= 11 is 1.55. The predicted octanol–water partition coefficient (Wildman–Crippen LogP) is 2.54. The maximum absolute atomic E-state index is 12.4. The van der Waals surface area contributed by atoms with Gasteiger partial charge in [0, 0.05) is 6.54 Å². The number of rotatable bonds is 5. The summed E-state index contributed by atoms with van der Waals surface area (Å²) in [5.74, 6) is -0.919. The summed E-state index contributed by atoms with van der Waals surface area (Å²) in [4.78, 5) is 25.6. The average molecular weight is 281 g/mol. The lowest BCUT2D eigenvalue weighted by Crippen LogP contribution is -2.53. The smallest absolute Gasteiger partial charge is 0.329 e. The van der Waals surface area contributed by atoms with E-state index in [1.54, 1.807) is 16.2 Å². The first kappa shape index (κ1) is 14.1. The number of aliphatic carboxylic acids is 1. The van der Waals surface area contributed by atoms with Crippen molar-refractivity contribution in [3.8, 4) is 0 Å². The van der Waals surface area contributed by atoms with Gasteiger partial charge in [-0.2, -0.15) is 11.3 Å². The van der Waals surface area contributed by atoms with E-state index in [1.165, 1.54) is 0 Å². The van der Waals surface area contributed by atoms with Crippen LogP contribution >= 0.6 is 11.3 Å². The Hall–Kier alpha value is -1.36. The Balaban J connectivity index is 2.17. The summed E-state index contributed by atoms with van der Waals surface area (Å²) < 4.78 is 0. The topological polar surface area (TPSA) is 57.6 Å². The van der Waals surface area contributed by atoms with E-state index in [4.69, 9.17) is 0 Å². The first-order chi connectivity index (χ1) is 9.10. The zero-order chi connectivity index (χ0) is 13.9. The molecule has 1 aromatic heterocycles. The van der Waals surface area contributed by atoms with Crippen LogP contribution in [0.4, 0.5) is 0 Å². The van der Waals surface area contributed by atoms with E-state index in [-0.39, 0.29) is 5.91 Å². The molecule has 0 radical (unpaired) electrons. The van der Waals surface area contributed by atoms with Gasteiger partial charge in [0.15, 0.2) is 0 Å². The van der Waals surface area contributed by atoms with Crippen molar-refractivity contribution in [1.29, 1.82) is 0 Å². The lowest BCUT2D eigenvalue weighted by Gasteiger charge is -2.34. The van der Waals surface area contributed by atoms with E-state index in [1.807, 2.05) is 23.8 Å². The molecule has 0 aliphatic carbocycles. The van der Waals surface area contributed by atoms with Gasteiger partial charge >= 0.3 is 5.97 Å². The van der Waals surface area contributed by atoms with Gasteiger partial charge in [-0.25, -0.2) is 4.79 Å². The number of amides is 1. The molecule has 1 aliphatic rings. The van der Waals surface area contributed by atoms with E-state index >= 15 is 0 Å². The average Bonchev–Trinajstić information content (AvgIpc) is 2.99. The van der Waals surface area contributed by atoms with E-state index in [2.05, 4.69) is 0 Å². The van der Waals surface area contributed by atoms with Gasteiger partial charge in [0.25, 0.3) is 0 Å². The summed E-state index contributed by atoms with van der Waals surface area (Å²) in [6.07, 6.45) is 2.97. The van der Waals surface area contributed by atoms with Crippen LogP contribution < -0.4 is 0 Å². The first-order valence-corrected chi connectivity index (χ1v) is 7.59. The van der Waals surface area contributed by atoms with Gasteiger partial charge in [0.1, 0.15) is 5.54 Å². The molecule has 0 spiro atoms. The molecule has 0 aromatic carbocycles. The van der Waals surface area contributed by atoms with Crippen LogP contribution in [0.3, 0.4) is 0 Å². The largest absolute Gasteiger partial charge is 0.479 e. The van der Waals surface area contributed by atoms with Crippen LogP contribution in [-0.4, -0.2) is 34.0 Å². The molecular weight excluding hydrogens is 262 g/mol. The van der Waals surface area contributed by atoms with Gasteiger partial charge < -0.3 is 10.0 Å². The van der Waals surface area contributed by atoms with Gasteiger partial charge in [-0.15, -0.1) is 0 Å². The van der Waals surface area contributed by atoms with Gasteiger partial charge in [0.05, 0.1) is 6.42 Å². The molecule has 1 saturated heterocycles. The van der Waals surface area contributed by atoms with Crippen LogP contribution in [0.2, 0.25) is 0 Å². The minimum atomic E-state index is -0.970. The van der Waals surface area contributed by atoms with Crippen LogP contribution in [0.1, 0.15) is 38.2 Å². The Morgan fingerprint density at radius 1 is 1.53 bits per heavy atom. The third kappa shape index (κ3) is 2.66. The number of carbonyl (C=O) groups is 2. The SMILES string of the molecule is CCCC1(C(=O)O)CCCN1C(=O)Cc1ccsc1. The lowest BCUT2D eigenvalue weighted by atomic mass is 9.90. The van der Waals surface area contributed by atoms with Gasteiger partial charge in [0.2, 0.25) is 5.91 Å². The van der Waals surface area contributed by atoms with Gasteiger partial charge in [-0.1, -0.05) is 13.3 Å². The number of carboxylic acids is 1. The summed E-state index contributed by atoms with van der Waals surface area (Å²) in [6, 6.07) is 1.92. The molecule has 0 bridgehead atoms. The molecule has 1 aliphatic heterocycles. The quantitative estimate of drug-likeness (QED) is 0.902. The highest BCUT2D eigenvalue weighted by Gasteiger charge is 2.48. The van der Waals surface area contributed by atoms with Crippen LogP contribution in [0, 0.1) is 0 Å². The molecule has 5 heteroatoms. The third-order valence-electron chi connectivity index (χ3n) is 3.79.